The SMILES string of the molecule is COc1ccc(C(CN2CCC(c3ccccc3N3CCCC3)CC2)C2(O)CCCCC2)cc1Br. The van der Waals surface area contributed by atoms with Gasteiger partial charge in [0.25, 0.3) is 0 Å². The minimum Gasteiger partial charge on any atom is -0.496 e. The van der Waals surface area contributed by atoms with Crippen molar-refractivity contribution in [1.29, 1.82) is 0 Å². The Morgan fingerprint density at radius 2 is 1.69 bits per heavy atom. The van der Waals surface area contributed by atoms with E-state index < -0.39 is 5.60 Å². The Morgan fingerprint density at radius 3 is 2.37 bits per heavy atom. The Morgan fingerprint density at radius 1 is 0.971 bits per heavy atom. The Bertz CT molecular complexity index is 976. The lowest BCUT2D eigenvalue weighted by molar-refractivity contribution is -0.0325. The van der Waals surface area contributed by atoms with Crippen LogP contribution in [-0.2, 0) is 0 Å². The van der Waals surface area contributed by atoms with Crippen LogP contribution in [0.5, 0.6) is 5.75 Å². The van der Waals surface area contributed by atoms with E-state index in [1.165, 1.54) is 56.4 Å². The van der Waals surface area contributed by atoms with Gasteiger partial charge in [0.15, 0.2) is 0 Å². The first-order valence-electron chi connectivity index (χ1n) is 13.7. The summed E-state index contributed by atoms with van der Waals surface area (Å²) < 4.78 is 6.45. The molecule has 0 radical (unpaired) electrons. The molecule has 190 valence electrons. The van der Waals surface area contributed by atoms with Gasteiger partial charge in [-0.15, -0.1) is 0 Å². The van der Waals surface area contributed by atoms with Gasteiger partial charge in [0.1, 0.15) is 5.75 Å². The van der Waals surface area contributed by atoms with Gasteiger partial charge in [-0.05, 0) is 103 Å². The van der Waals surface area contributed by atoms with Crippen LogP contribution < -0.4 is 9.64 Å². The van der Waals surface area contributed by atoms with Crippen LogP contribution in [0.3, 0.4) is 0 Å². The van der Waals surface area contributed by atoms with Crippen molar-refractivity contribution in [1.82, 2.24) is 4.90 Å². The molecule has 1 aliphatic carbocycles. The van der Waals surface area contributed by atoms with Crippen LogP contribution in [-0.4, -0.2) is 55.4 Å². The standard InChI is InChI=1S/C30H41BrN2O2/c1-35-29-12-11-24(21-27(29)31)26(30(34)15-5-2-6-16-30)22-32-19-13-23(14-20-32)25-9-3-4-10-28(25)33-17-7-8-18-33/h3-4,9-12,21,23,26,34H,2,5-8,13-20,22H2,1H3. The minimum absolute atomic E-state index is 0.124. The second-order valence-electron chi connectivity index (χ2n) is 10.9. The fourth-order valence-corrected chi connectivity index (χ4v) is 7.32. The van der Waals surface area contributed by atoms with Gasteiger partial charge in [0.05, 0.1) is 17.2 Å². The predicted octanol–water partition coefficient (Wildman–Crippen LogP) is 6.72. The van der Waals surface area contributed by atoms with E-state index in [-0.39, 0.29) is 5.92 Å². The molecular weight excluding hydrogens is 500 g/mol. The van der Waals surface area contributed by atoms with Crippen molar-refractivity contribution < 1.29 is 9.84 Å². The van der Waals surface area contributed by atoms with E-state index in [1.54, 1.807) is 12.7 Å². The fraction of sp³-hybridized carbons (Fsp3) is 0.600. The molecule has 1 saturated carbocycles. The van der Waals surface area contributed by atoms with Crippen molar-refractivity contribution in [2.45, 2.75) is 75.2 Å². The van der Waals surface area contributed by atoms with E-state index in [2.05, 4.69) is 62.1 Å². The minimum atomic E-state index is -0.620. The zero-order chi connectivity index (χ0) is 24.3. The summed E-state index contributed by atoms with van der Waals surface area (Å²) in [7, 11) is 1.71. The first kappa shape index (κ1) is 25.1. The molecule has 0 aromatic heterocycles. The second kappa shape index (κ2) is 11.2. The van der Waals surface area contributed by atoms with E-state index in [0.717, 1.165) is 55.5 Å². The number of halogens is 1. The van der Waals surface area contributed by atoms with Crippen LogP contribution >= 0.6 is 15.9 Å². The lowest BCUT2D eigenvalue weighted by Gasteiger charge is -2.43. The molecule has 2 aliphatic heterocycles. The first-order chi connectivity index (χ1) is 17.1. The molecule has 35 heavy (non-hydrogen) atoms. The molecule has 2 aromatic carbocycles. The smallest absolute Gasteiger partial charge is 0.133 e. The number of aliphatic hydroxyl groups is 1. The largest absolute Gasteiger partial charge is 0.496 e. The van der Waals surface area contributed by atoms with Crippen molar-refractivity contribution >= 4 is 21.6 Å². The van der Waals surface area contributed by atoms with Crippen LogP contribution in [0.15, 0.2) is 46.9 Å². The molecule has 1 unspecified atom stereocenters. The number of anilines is 1. The summed E-state index contributed by atoms with van der Waals surface area (Å²) in [4.78, 5) is 5.21. The van der Waals surface area contributed by atoms with Gasteiger partial charge in [-0.25, -0.2) is 0 Å². The van der Waals surface area contributed by atoms with Crippen molar-refractivity contribution in [2.24, 2.45) is 0 Å². The van der Waals surface area contributed by atoms with E-state index >= 15 is 0 Å². The predicted molar refractivity (Wildman–Crippen MR) is 148 cm³/mol. The number of hydrogen-bond acceptors (Lipinski definition) is 4. The molecular formula is C30H41BrN2O2. The summed E-state index contributed by atoms with van der Waals surface area (Å²) >= 11 is 3.69. The molecule has 2 saturated heterocycles. The molecule has 1 atom stereocenters. The molecule has 0 amide bonds. The molecule has 3 fully saturated rings. The number of likely N-dealkylation sites (tertiary alicyclic amines) is 1. The number of nitrogens with zero attached hydrogens (tertiary/aromatic N) is 2. The van der Waals surface area contributed by atoms with E-state index in [4.69, 9.17) is 4.74 Å². The number of methoxy groups -OCH3 is 1. The average Bonchev–Trinajstić information content (AvgIpc) is 3.43. The van der Waals surface area contributed by atoms with Crippen molar-refractivity contribution in [2.75, 3.05) is 44.7 Å². The number of para-hydroxylation sites is 1. The maximum atomic E-state index is 11.8. The van der Waals surface area contributed by atoms with Crippen LogP contribution in [0.25, 0.3) is 0 Å². The summed E-state index contributed by atoms with van der Waals surface area (Å²) in [5.74, 6) is 1.61. The third-order valence-electron chi connectivity index (χ3n) is 8.80. The molecule has 3 aliphatic rings. The van der Waals surface area contributed by atoms with Gasteiger partial charge in [0, 0.05) is 31.2 Å². The van der Waals surface area contributed by atoms with Crippen LogP contribution in [0.1, 0.15) is 80.8 Å². The third-order valence-corrected chi connectivity index (χ3v) is 9.42. The summed E-state index contributed by atoms with van der Waals surface area (Å²) in [6.45, 7) is 5.53. The molecule has 5 rings (SSSR count). The molecule has 1 N–H and O–H groups in total. The zero-order valence-corrected chi connectivity index (χ0v) is 22.8. The molecule has 0 bridgehead atoms. The van der Waals surface area contributed by atoms with E-state index in [1.807, 2.05) is 6.07 Å². The second-order valence-corrected chi connectivity index (χ2v) is 11.8. The summed E-state index contributed by atoms with van der Waals surface area (Å²) in [5.41, 5.74) is 3.63. The number of benzene rings is 2. The monoisotopic (exact) mass is 540 g/mol. The summed E-state index contributed by atoms with van der Waals surface area (Å²) in [6, 6.07) is 15.5. The molecule has 0 spiro atoms. The Kier molecular flexibility index (Phi) is 8.05. The summed E-state index contributed by atoms with van der Waals surface area (Å²) in [6.07, 6.45) is 10.3. The quantitative estimate of drug-likeness (QED) is 0.423. The Labute approximate surface area is 219 Å². The number of hydrogen-bond donors (Lipinski definition) is 1. The highest BCUT2D eigenvalue weighted by molar-refractivity contribution is 9.10. The van der Waals surface area contributed by atoms with E-state index in [0.29, 0.717) is 5.92 Å². The van der Waals surface area contributed by atoms with Gasteiger partial charge in [-0.3, -0.25) is 0 Å². The van der Waals surface area contributed by atoms with Gasteiger partial charge in [-0.1, -0.05) is 43.5 Å². The summed E-state index contributed by atoms with van der Waals surface area (Å²) in [5, 5.41) is 11.8. The molecule has 2 aromatic rings. The maximum absolute atomic E-state index is 11.8. The van der Waals surface area contributed by atoms with Crippen LogP contribution in [0.2, 0.25) is 0 Å². The van der Waals surface area contributed by atoms with Crippen molar-refractivity contribution in [3.05, 3.63) is 58.1 Å². The Hall–Kier alpha value is -1.56. The zero-order valence-electron chi connectivity index (χ0n) is 21.2. The fourth-order valence-electron chi connectivity index (χ4n) is 6.76. The van der Waals surface area contributed by atoms with Gasteiger partial charge < -0.3 is 19.6 Å². The number of ether oxygens (including phenoxy) is 1. The average molecular weight is 542 g/mol. The van der Waals surface area contributed by atoms with Gasteiger partial charge >= 0.3 is 0 Å². The molecule has 4 nitrogen and oxygen atoms in total. The van der Waals surface area contributed by atoms with E-state index in [9.17, 15) is 5.11 Å². The molecule has 5 heteroatoms. The first-order valence-corrected chi connectivity index (χ1v) is 14.5. The van der Waals surface area contributed by atoms with Gasteiger partial charge in [-0.2, -0.15) is 0 Å². The lowest BCUT2D eigenvalue weighted by Crippen LogP contribution is -2.46. The Balaban J connectivity index is 1.30. The van der Waals surface area contributed by atoms with Crippen LogP contribution in [0, 0.1) is 0 Å². The van der Waals surface area contributed by atoms with Gasteiger partial charge in [0.2, 0.25) is 0 Å². The maximum Gasteiger partial charge on any atom is 0.133 e. The van der Waals surface area contributed by atoms with Crippen molar-refractivity contribution in [3.63, 3.8) is 0 Å². The number of piperidine rings is 1. The third kappa shape index (κ3) is 5.57. The highest BCUT2D eigenvalue weighted by Gasteiger charge is 2.40. The highest BCUT2D eigenvalue weighted by atomic mass is 79.9. The normalized spacial score (nSPS) is 22.3. The van der Waals surface area contributed by atoms with Crippen LogP contribution in [0.4, 0.5) is 5.69 Å². The lowest BCUT2D eigenvalue weighted by atomic mass is 9.72. The molecule has 2 heterocycles. The highest BCUT2D eigenvalue weighted by Crippen LogP contribution is 2.43. The topological polar surface area (TPSA) is 35.9 Å². The number of rotatable bonds is 7. The van der Waals surface area contributed by atoms with Crippen molar-refractivity contribution in [3.8, 4) is 5.75 Å².